The number of aromatic nitrogens is 3. The number of carboxylic acid groups (broad SMARTS) is 1. The summed E-state index contributed by atoms with van der Waals surface area (Å²) < 4.78 is 7.36. The molecule has 2 aromatic heterocycles. The van der Waals surface area contributed by atoms with Crippen molar-refractivity contribution in [3.8, 4) is 11.3 Å². The van der Waals surface area contributed by atoms with Gasteiger partial charge in [0.15, 0.2) is 11.5 Å². The van der Waals surface area contributed by atoms with Crippen molar-refractivity contribution in [2.24, 2.45) is 5.10 Å². The molecule has 9 heteroatoms. The Morgan fingerprint density at radius 1 is 1.06 bits per heavy atom. The third-order valence-corrected chi connectivity index (χ3v) is 5.34. The van der Waals surface area contributed by atoms with Gasteiger partial charge in [-0.05, 0) is 17.7 Å². The lowest BCUT2D eigenvalue weighted by Gasteiger charge is -2.29. The summed E-state index contributed by atoms with van der Waals surface area (Å²) in [7, 11) is 0. The van der Waals surface area contributed by atoms with Crippen LogP contribution in [-0.4, -0.2) is 58.2 Å². The molecule has 0 atom stereocenters. The highest BCUT2D eigenvalue weighted by Crippen LogP contribution is 2.25. The molecule has 0 radical (unpaired) electrons. The first-order valence-electron chi connectivity index (χ1n) is 10.6. The topological polar surface area (TPSA) is 104 Å². The molecule has 1 saturated heterocycles. The zero-order valence-electron chi connectivity index (χ0n) is 17.8. The summed E-state index contributed by atoms with van der Waals surface area (Å²) in [5, 5.41) is 18.2. The van der Waals surface area contributed by atoms with Gasteiger partial charge in [0.2, 0.25) is 0 Å². The van der Waals surface area contributed by atoms with E-state index in [-0.39, 0.29) is 5.56 Å². The van der Waals surface area contributed by atoms with Crippen LogP contribution in [0.15, 0.2) is 71.8 Å². The smallest absolute Gasteiger partial charge is 0.335 e. The van der Waals surface area contributed by atoms with Crippen LogP contribution < -0.4 is 10.3 Å². The van der Waals surface area contributed by atoms with Crippen molar-refractivity contribution in [3.05, 3.63) is 77.9 Å². The molecular weight excluding hydrogens is 420 g/mol. The predicted octanol–water partition coefficient (Wildman–Crippen LogP) is 3.38. The molecule has 1 fully saturated rings. The Bertz CT molecular complexity index is 1310. The van der Waals surface area contributed by atoms with Crippen LogP contribution in [0.3, 0.4) is 0 Å². The Morgan fingerprint density at radius 2 is 1.88 bits per heavy atom. The second kappa shape index (κ2) is 9.09. The highest BCUT2D eigenvalue weighted by atomic mass is 16.5. The SMILES string of the molecule is O=C(O)c1cccc(C=NNc2cc(N3CCOCC3)n3nc(-c4ccccc4)cc3n2)c1. The predicted molar refractivity (Wildman–Crippen MR) is 126 cm³/mol. The fourth-order valence-electron chi connectivity index (χ4n) is 3.71. The van der Waals surface area contributed by atoms with Crippen LogP contribution in [0.25, 0.3) is 16.9 Å². The van der Waals surface area contributed by atoms with Gasteiger partial charge < -0.3 is 14.7 Å². The van der Waals surface area contributed by atoms with Gasteiger partial charge in [0.1, 0.15) is 5.82 Å². The summed E-state index contributed by atoms with van der Waals surface area (Å²) in [5.74, 6) is 0.487. The molecule has 1 aliphatic heterocycles. The average Bonchev–Trinajstić information content (AvgIpc) is 3.29. The van der Waals surface area contributed by atoms with E-state index in [9.17, 15) is 4.79 Å². The summed E-state index contributed by atoms with van der Waals surface area (Å²) >= 11 is 0. The Hall–Kier alpha value is -4.24. The number of rotatable bonds is 6. The fourth-order valence-corrected chi connectivity index (χ4v) is 3.71. The summed E-state index contributed by atoms with van der Waals surface area (Å²) in [4.78, 5) is 18.1. The van der Waals surface area contributed by atoms with Crippen molar-refractivity contribution in [2.45, 2.75) is 0 Å². The number of fused-ring (bicyclic) bond motifs is 1. The number of nitrogens with zero attached hydrogens (tertiary/aromatic N) is 5. The molecule has 0 spiro atoms. The number of aromatic carboxylic acids is 1. The van der Waals surface area contributed by atoms with E-state index in [4.69, 9.17) is 14.9 Å². The van der Waals surface area contributed by atoms with Crippen molar-refractivity contribution in [3.63, 3.8) is 0 Å². The molecule has 2 aromatic carbocycles. The monoisotopic (exact) mass is 442 g/mol. The van der Waals surface area contributed by atoms with Crippen LogP contribution in [-0.2, 0) is 4.74 Å². The molecule has 3 heterocycles. The molecule has 9 nitrogen and oxygen atoms in total. The van der Waals surface area contributed by atoms with Gasteiger partial charge >= 0.3 is 5.97 Å². The molecule has 0 saturated carbocycles. The Kier molecular flexibility index (Phi) is 5.69. The molecule has 5 rings (SSSR count). The van der Waals surface area contributed by atoms with Gasteiger partial charge in [0, 0.05) is 30.8 Å². The van der Waals surface area contributed by atoms with Gasteiger partial charge in [0.05, 0.1) is 30.7 Å². The first-order valence-corrected chi connectivity index (χ1v) is 10.6. The lowest BCUT2D eigenvalue weighted by molar-refractivity contribution is 0.0697. The number of ether oxygens (including phenoxy) is 1. The van der Waals surface area contributed by atoms with Crippen molar-refractivity contribution in [2.75, 3.05) is 36.6 Å². The van der Waals surface area contributed by atoms with E-state index in [2.05, 4.69) is 20.4 Å². The van der Waals surface area contributed by atoms with Crippen molar-refractivity contribution in [1.82, 2.24) is 14.6 Å². The standard InChI is InChI=1S/C24H22N6O3/c31-24(32)19-8-4-5-17(13-19)16-25-27-21-15-23(29-9-11-33-12-10-29)30-22(26-21)14-20(28-30)18-6-2-1-3-7-18/h1-8,13-16H,9-12H2,(H,26,27)(H,31,32). The third kappa shape index (κ3) is 4.53. The molecule has 33 heavy (non-hydrogen) atoms. The molecule has 1 aliphatic rings. The average molecular weight is 442 g/mol. The molecule has 166 valence electrons. The maximum atomic E-state index is 11.2. The van der Waals surface area contributed by atoms with E-state index in [1.807, 2.05) is 47.0 Å². The number of hydrazone groups is 1. The van der Waals surface area contributed by atoms with Crippen LogP contribution >= 0.6 is 0 Å². The lowest BCUT2D eigenvalue weighted by Crippen LogP contribution is -2.37. The first-order chi connectivity index (χ1) is 16.2. The lowest BCUT2D eigenvalue weighted by atomic mass is 10.1. The van der Waals surface area contributed by atoms with E-state index in [0.29, 0.717) is 30.2 Å². The highest BCUT2D eigenvalue weighted by molar-refractivity contribution is 5.91. The minimum Gasteiger partial charge on any atom is -0.478 e. The van der Waals surface area contributed by atoms with E-state index in [0.717, 1.165) is 30.2 Å². The van der Waals surface area contributed by atoms with E-state index >= 15 is 0 Å². The zero-order chi connectivity index (χ0) is 22.6. The van der Waals surface area contributed by atoms with Gasteiger partial charge in [-0.15, -0.1) is 0 Å². The number of nitrogens with one attached hydrogen (secondary N) is 1. The maximum absolute atomic E-state index is 11.2. The van der Waals surface area contributed by atoms with Gasteiger partial charge in [-0.1, -0.05) is 42.5 Å². The van der Waals surface area contributed by atoms with Crippen LogP contribution in [0.4, 0.5) is 11.6 Å². The molecule has 0 aliphatic carbocycles. The maximum Gasteiger partial charge on any atom is 0.335 e. The summed E-state index contributed by atoms with van der Waals surface area (Å²) in [6.45, 7) is 2.81. The van der Waals surface area contributed by atoms with Gasteiger partial charge in [0.25, 0.3) is 0 Å². The Labute approximate surface area is 189 Å². The van der Waals surface area contributed by atoms with Crippen LogP contribution in [0, 0.1) is 0 Å². The molecule has 2 N–H and O–H groups in total. The van der Waals surface area contributed by atoms with Gasteiger partial charge in [-0.3, -0.25) is 5.43 Å². The first kappa shape index (κ1) is 20.7. The van der Waals surface area contributed by atoms with Crippen LogP contribution in [0.5, 0.6) is 0 Å². The van der Waals surface area contributed by atoms with E-state index < -0.39 is 5.97 Å². The number of carbonyl (C=O) groups is 1. The normalized spacial score (nSPS) is 14.1. The Morgan fingerprint density at radius 3 is 2.67 bits per heavy atom. The molecule has 0 unspecified atom stereocenters. The second-order valence-electron chi connectivity index (χ2n) is 7.57. The number of carboxylic acids is 1. The number of morpholine rings is 1. The zero-order valence-corrected chi connectivity index (χ0v) is 17.8. The number of hydrogen-bond acceptors (Lipinski definition) is 7. The van der Waals surface area contributed by atoms with Crippen LogP contribution in [0.2, 0.25) is 0 Å². The summed E-state index contributed by atoms with van der Waals surface area (Å²) in [6, 6.07) is 20.4. The van der Waals surface area contributed by atoms with Gasteiger partial charge in [-0.2, -0.15) is 14.7 Å². The second-order valence-corrected chi connectivity index (χ2v) is 7.57. The summed E-state index contributed by atoms with van der Waals surface area (Å²) in [5.41, 5.74) is 6.41. The molecule has 0 amide bonds. The number of anilines is 2. The van der Waals surface area contributed by atoms with E-state index in [1.165, 1.54) is 0 Å². The molecular formula is C24H22N6O3. The third-order valence-electron chi connectivity index (χ3n) is 5.34. The molecule has 4 aromatic rings. The largest absolute Gasteiger partial charge is 0.478 e. The van der Waals surface area contributed by atoms with Crippen molar-refractivity contribution < 1.29 is 14.6 Å². The Balaban J connectivity index is 1.48. The minimum absolute atomic E-state index is 0.209. The number of benzene rings is 2. The van der Waals surface area contributed by atoms with E-state index in [1.54, 1.807) is 30.5 Å². The highest BCUT2D eigenvalue weighted by Gasteiger charge is 2.18. The van der Waals surface area contributed by atoms with Crippen molar-refractivity contribution in [1.29, 1.82) is 0 Å². The fraction of sp³-hybridized carbons (Fsp3) is 0.167. The number of hydrogen-bond donors (Lipinski definition) is 2. The van der Waals surface area contributed by atoms with Gasteiger partial charge in [-0.25, -0.2) is 9.78 Å². The summed E-state index contributed by atoms with van der Waals surface area (Å²) in [6.07, 6.45) is 1.57. The molecule has 0 bridgehead atoms. The quantitative estimate of drug-likeness (QED) is 0.348. The van der Waals surface area contributed by atoms with Crippen LogP contribution in [0.1, 0.15) is 15.9 Å². The minimum atomic E-state index is -0.976. The van der Waals surface area contributed by atoms with Crippen molar-refractivity contribution >= 4 is 29.5 Å².